The lowest BCUT2D eigenvalue weighted by Gasteiger charge is -1.89. The lowest BCUT2D eigenvalue weighted by Crippen LogP contribution is -1.76. The van der Waals surface area contributed by atoms with Crippen LogP contribution in [0, 0.1) is 12.7 Å². The third-order valence-corrected chi connectivity index (χ3v) is 1.08. The molecule has 0 heterocycles. The van der Waals surface area contributed by atoms with E-state index in [0.717, 1.165) is 0 Å². The van der Waals surface area contributed by atoms with Gasteiger partial charge in [-0.2, -0.15) is 0 Å². The summed E-state index contributed by atoms with van der Waals surface area (Å²) >= 11 is 0. The first-order chi connectivity index (χ1) is 4.80. The van der Waals surface area contributed by atoms with E-state index >= 15 is 0 Å². The maximum atomic E-state index is 12.3. The quantitative estimate of drug-likeness (QED) is 0.584. The summed E-state index contributed by atoms with van der Waals surface area (Å²) in [7, 11) is 1.50. The van der Waals surface area contributed by atoms with E-state index in [4.69, 9.17) is 0 Å². The van der Waals surface area contributed by atoms with Crippen LogP contribution in [0.5, 0.6) is 0 Å². The Morgan fingerprint density at radius 2 is 1.70 bits per heavy atom. The number of halogens is 1. The molecule has 0 aliphatic rings. The van der Waals surface area contributed by atoms with Gasteiger partial charge in [-0.25, -0.2) is 4.39 Å². The fraction of sp³-hybridized carbons (Fsp3) is 0.250. The normalized spacial score (nSPS) is 8.00. The third kappa shape index (κ3) is 2.60. The fourth-order valence-corrected chi connectivity index (χ4v) is 0.551. The second-order valence-electron chi connectivity index (χ2n) is 1.75. The summed E-state index contributed by atoms with van der Waals surface area (Å²) in [6.45, 7) is 1.75. The Bertz CT molecular complexity index is 165. The van der Waals surface area contributed by atoms with Crippen LogP contribution in [-0.4, -0.2) is 7.05 Å². The zero-order valence-electron chi connectivity index (χ0n) is 6.26. The van der Waals surface area contributed by atoms with E-state index in [2.05, 4.69) is 5.73 Å². The highest BCUT2D eigenvalue weighted by Crippen LogP contribution is 2.01. The minimum absolute atomic E-state index is 0.132. The number of rotatable bonds is 0. The highest BCUT2D eigenvalue weighted by Gasteiger charge is 1.88. The first-order valence-electron chi connectivity index (χ1n) is 3.09. The van der Waals surface area contributed by atoms with Gasteiger partial charge in [-0.05, 0) is 25.6 Å². The van der Waals surface area contributed by atoms with Crippen molar-refractivity contribution in [1.29, 1.82) is 0 Å². The van der Waals surface area contributed by atoms with Gasteiger partial charge < -0.3 is 5.73 Å². The molecule has 0 bridgehead atoms. The van der Waals surface area contributed by atoms with Gasteiger partial charge in [-0.3, -0.25) is 0 Å². The molecule has 0 spiro atoms. The molecule has 10 heavy (non-hydrogen) atoms. The van der Waals surface area contributed by atoms with E-state index < -0.39 is 0 Å². The van der Waals surface area contributed by atoms with Crippen LogP contribution in [0.2, 0.25) is 0 Å². The van der Waals surface area contributed by atoms with E-state index in [-0.39, 0.29) is 5.82 Å². The predicted octanol–water partition coefficient (Wildman–Crippen LogP) is 1.71. The molecule has 2 N–H and O–H groups in total. The van der Waals surface area contributed by atoms with Gasteiger partial charge >= 0.3 is 0 Å². The topological polar surface area (TPSA) is 26.0 Å². The van der Waals surface area contributed by atoms with Crippen LogP contribution in [0.3, 0.4) is 0 Å². The number of hydrogen-bond donors (Lipinski definition) is 1. The van der Waals surface area contributed by atoms with E-state index in [1.165, 1.54) is 13.1 Å². The number of aryl methyl sites for hydroxylation is 1. The third-order valence-electron chi connectivity index (χ3n) is 1.08. The molecule has 1 nitrogen and oxygen atoms in total. The molecule has 0 saturated carbocycles. The summed E-state index contributed by atoms with van der Waals surface area (Å²) in [5, 5.41) is 0. The standard InChI is InChI=1S/C7H7F.CH5N/c1-6-4-2-3-5-7(6)8;1-2/h2-5H,1H3;2H2,1H3. The molecule has 0 aromatic heterocycles. The highest BCUT2D eigenvalue weighted by molar-refractivity contribution is 5.14. The van der Waals surface area contributed by atoms with E-state index in [1.54, 1.807) is 19.1 Å². The Balaban J connectivity index is 0.000000371. The average Bonchev–Trinajstić information content (AvgIpc) is 2.00. The van der Waals surface area contributed by atoms with Crippen LogP contribution in [0.1, 0.15) is 5.56 Å². The zero-order chi connectivity index (χ0) is 7.98. The summed E-state index contributed by atoms with van der Waals surface area (Å²) < 4.78 is 12.3. The van der Waals surface area contributed by atoms with Gasteiger partial charge in [0.1, 0.15) is 5.82 Å². The van der Waals surface area contributed by atoms with Gasteiger partial charge in [0.05, 0.1) is 0 Å². The summed E-state index contributed by atoms with van der Waals surface area (Å²) in [5.74, 6) is -0.132. The molecule has 0 radical (unpaired) electrons. The van der Waals surface area contributed by atoms with Crippen LogP contribution < -0.4 is 5.73 Å². The Morgan fingerprint density at radius 1 is 1.20 bits per heavy atom. The van der Waals surface area contributed by atoms with Crippen LogP contribution in [0.15, 0.2) is 24.3 Å². The highest BCUT2D eigenvalue weighted by atomic mass is 19.1. The second kappa shape index (κ2) is 4.94. The van der Waals surface area contributed by atoms with Gasteiger partial charge in [-0.15, -0.1) is 0 Å². The van der Waals surface area contributed by atoms with Crippen molar-refractivity contribution < 1.29 is 4.39 Å². The SMILES string of the molecule is CN.Cc1ccccc1F. The molecule has 0 aliphatic heterocycles. The van der Waals surface area contributed by atoms with Crippen molar-refractivity contribution in [2.75, 3.05) is 7.05 Å². The van der Waals surface area contributed by atoms with Crippen LogP contribution in [-0.2, 0) is 0 Å². The molecular weight excluding hydrogens is 129 g/mol. The van der Waals surface area contributed by atoms with Gasteiger partial charge in [0.15, 0.2) is 0 Å². The average molecular weight is 141 g/mol. The molecule has 0 aliphatic carbocycles. The Labute approximate surface area is 60.7 Å². The maximum absolute atomic E-state index is 12.3. The minimum atomic E-state index is -0.132. The Morgan fingerprint density at radius 3 is 2.00 bits per heavy atom. The first-order valence-corrected chi connectivity index (χ1v) is 3.09. The van der Waals surface area contributed by atoms with Crippen molar-refractivity contribution in [2.45, 2.75) is 6.92 Å². The van der Waals surface area contributed by atoms with Crippen molar-refractivity contribution >= 4 is 0 Å². The molecule has 0 amide bonds. The largest absolute Gasteiger partial charge is 0.333 e. The summed E-state index contributed by atoms with van der Waals surface area (Å²) in [5.41, 5.74) is 5.20. The summed E-state index contributed by atoms with van der Waals surface area (Å²) in [6, 6.07) is 6.70. The summed E-state index contributed by atoms with van der Waals surface area (Å²) in [4.78, 5) is 0. The van der Waals surface area contributed by atoms with Crippen LogP contribution in [0.25, 0.3) is 0 Å². The molecule has 0 atom stereocenters. The second-order valence-corrected chi connectivity index (χ2v) is 1.75. The van der Waals surface area contributed by atoms with Crippen molar-refractivity contribution in [3.63, 3.8) is 0 Å². The molecule has 1 aromatic carbocycles. The number of hydrogen-bond acceptors (Lipinski definition) is 1. The molecular formula is C8H12FN. The molecule has 0 fully saturated rings. The summed E-state index contributed by atoms with van der Waals surface area (Å²) in [6.07, 6.45) is 0. The van der Waals surface area contributed by atoms with Gasteiger partial charge in [-0.1, -0.05) is 18.2 Å². The van der Waals surface area contributed by atoms with Crippen molar-refractivity contribution in [2.24, 2.45) is 5.73 Å². The van der Waals surface area contributed by atoms with Gasteiger partial charge in [0, 0.05) is 0 Å². The number of benzene rings is 1. The first kappa shape index (κ1) is 9.11. The Hall–Kier alpha value is -0.890. The molecule has 1 aromatic rings. The smallest absolute Gasteiger partial charge is 0.126 e. The Kier molecular flexibility index (Phi) is 4.50. The monoisotopic (exact) mass is 141 g/mol. The molecule has 0 unspecified atom stereocenters. The fourth-order valence-electron chi connectivity index (χ4n) is 0.551. The van der Waals surface area contributed by atoms with Crippen LogP contribution >= 0.6 is 0 Å². The van der Waals surface area contributed by atoms with Gasteiger partial charge in [0.25, 0.3) is 0 Å². The van der Waals surface area contributed by atoms with Gasteiger partial charge in [0.2, 0.25) is 0 Å². The van der Waals surface area contributed by atoms with Crippen molar-refractivity contribution in [3.8, 4) is 0 Å². The zero-order valence-corrected chi connectivity index (χ0v) is 6.26. The lowest BCUT2D eigenvalue weighted by molar-refractivity contribution is 0.618. The number of nitrogens with two attached hydrogens (primary N) is 1. The van der Waals surface area contributed by atoms with Crippen LogP contribution in [0.4, 0.5) is 4.39 Å². The van der Waals surface area contributed by atoms with Crippen molar-refractivity contribution in [1.82, 2.24) is 0 Å². The molecule has 0 saturated heterocycles. The van der Waals surface area contributed by atoms with E-state index in [0.29, 0.717) is 5.56 Å². The molecule has 2 heteroatoms. The maximum Gasteiger partial charge on any atom is 0.126 e. The van der Waals surface area contributed by atoms with Crippen molar-refractivity contribution in [3.05, 3.63) is 35.6 Å². The predicted molar refractivity (Wildman–Crippen MR) is 41.2 cm³/mol. The minimum Gasteiger partial charge on any atom is -0.333 e. The molecule has 1 rings (SSSR count). The van der Waals surface area contributed by atoms with E-state index in [9.17, 15) is 4.39 Å². The molecule has 56 valence electrons. The lowest BCUT2D eigenvalue weighted by atomic mass is 10.2. The van der Waals surface area contributed by atoms with E-state index in [1.807, 2.05) is 6.07 Å².